The lowest BCUT2D eigenvalue weighted by molar-refractivity contribution is -0.134. The lowest BCUT2D eigenvalue weighted by Crippen LogP contribution is -2.55. The molecule has 0 aromatic carbocycles. The van der Waals surface area contributed by atoms with Crippen LogP contribution in [-0.2, 0) is 24.0 Å². The van der Waals surface area contributed by atoms with Crippen LogP contribution in [0.2, 0.25) is 0 Å². The van der Waals surface area contributed by atoms with Crippen LogP contribution >= 0.6 is 0 Å². The third kappa shape index (κ3) is 15.7. The monoisotopic (exact) mass is 540 g/mol. The lowest BCUT2D eigenvalue weighted by atomic mass is 9.94. The number of hydrogen-bond donors (Lipinski definition) is 5. The van der Waals surface area contributed by atoms with Gasteiger partial charge < -0.3 is 21.1 Å². The zero-order chi connectivity index (χ0) is 29.6. The lowest BCUT2D eigenvalue weighted by Gasteiger charge is -2.29. The van der Waals surface area contributed by atoms with Gasteiger partial charge in [-0.1, -0.05) is 55.4 Å². The van der Waals surface area contributed by atoms with Crippen LogP contribution in [0.25, 0.3) is 0 Å². The van der Waals surface area contributed by atoms with Gasteiger partial charge in [-0.25, -0.2) is 0 Å². The Bertz CT molecular complexity index is 781. The predicted octanol–water partition coefficient (Wildman–Crippen LogP) is 2.43. The SMILES string of the molecule is CC(C)CCC(=O)NC(=O)[C@H](C)NC(=O)CCC(O)[C@@H](CC(C)C)NC(=O)[C@H](NC(=O)CC(C)C)C(C)C. The Balaban J connectivity index is 4.99. The summed E-state index contributed by atoms with van der Waals surface area (Å²) in [5.74, 6) is -1.49. The van der Waals surface area contributed by atoms with Crippen molar-refractivity contribution in [3.05, 3.63) is 0 Å². The number of rotatable bonds is 17. The van der Waals surface area contributed by atoms with Gasteiger partial charge in [0, 0.05) is 19.3 Å². The van der Waals surface area contributed by atoms with Crippen LogP contribution in [0, 0.1) is 23.7 Å². The van der Waals surface area contributed by atoms with E-state index in [-0.39, 0.29) is 54.7 Å². The molecule has 0 aliphatic rings. The minimum absolute atomic E-state index is 0.0662. The van der Waals surface area contributed by atoms with Crippen molar-refractivity contribution in [2.45, 2.75) is 125 Å². The molecule has 0 aromatic rings. The largest absolute Gasteiger partial charge is 0.391 e. The summed E-state index contributed by atoms with van der Waals surface area (Å²) in [6.45, 7) is 16.9. The normalized spacial score (nSPS) is 14.7. The fourth-order valence-electron chi connectivity index (χ4n) is 3.82. The Labute approximate surface area is 228 Å². The van der Waals surface area contributed by atoms with Gasteiger partial charge in [0.1, 0.15) is 12.1 Å². The number of aliphatic hydroxyl groups excluding tert-OH is 1. The Morgan fingerprint density at radius 1 is 0.632 bits per heavy atom. The minimum Gasteiger partial charge on any atom is -0.391 e. The molecule has 0 spiro atoms. The maximum absolute atomic E-state index is 13.0. The maximum Gasteiger partial charge on any atom is 0.248 e. The first-order valence-electron chi connectivity index (χ1n) is 13.9. The molecule has 0 aromatic heterocycles. The highest BCUT2D eigenvalue weighted by Gasteiger charge is 2.30. The van der Waals surface area contributed by atoms with Crippen molar-refractivity contribution in [2.75, 3.05) is 0 Å². The molecule has 10 nitrogen and oxygen atoms in total. The summed E-state index contributed by atoms with van der Waals surface area (Å²) < 4.78 is 0. The number of amides is 5. The molecular formula is C28H52N4O6. The summed E-state index contributed by atoms with van der Waals surface area (Å²) >= 11 is 0. The smallest absolute Gasteiger partial charge is 0.248 e. The van der Waals surface area contributed by atoms with Crippen molar-refractivity contribution in [1.29, 1.82) is 0 Å². The summed E-state index contributed by atoms with van der Waals surface area (Å²) in [6.07, 6.45) is 0.684. The van der Waals surface area contributed by atoms with E-state index >= 15 is 0 Å². The number of carbonyl (C=O) groups excluding carboxylic acids is 5. The summed E-state index contributed by atoms with van der Waals surface area (Å²) in [7, 11) is 0. The zero-order valence-electron chi connectivity index (χ0n) is 24.8. The molecule has 38 heavy (non-hydrogen) atoms. The second-order valence-electron chi connectivity index (χ2n) is 11.9. The van der Waals surface area contributed by atoms with Crippen molar-refractivity contribution in [3.8, 4) is 0 Å². The Hall–Kier alpha value is -2.49. The molecular weight excluding hydrogens is 488 g/mol. The van der Waals surface area contributed by atoms with E-state index in [1.54, 1.807) is 0 Å². The first-order valence-corrected chi connectivity index (χ1v) is 13.9. The van der Waals surface area contributed by atoms with Crippen molar-refractivity contribution >= 4 is 29.5 Å². The zero-order valence-corrected chi connectivity index (χ0v) is 24.8. The van der Waals surface area contributed by atoms with Crippen LogP contribution in [0.4, 0.5) is 0 Å². The summed E-state index contributed by atoms with van der Waals surface area (Å²) in [6, 6.07) is -2.26. The molecule has 0 bridgehead atoms. The molecule has 5 amide bonds. The van der Waals surface area contributed by atoms with Crippen LogP contribution in [-0.4, -0.2) is 58.9 Å². The second kappa shape index (κ2) is 17.9. The molecule has 220 valence electrons. The van der Waals surface area contributed by atoms with Crippen LogP contribution in [0.15, 0.2) is 0 Å². The van der Waals surface area contributed by atoms with Crippen molar-refractivity contribution < 1.29 is 29.1 Å². The Morgan fingerprint density at radius 2 is 1.21 bits per heavy atom. The molecule has 0 heterocycles. The van der Waals surface area contributed by atoms with Gasteiger partial charge >= 0.3 is 0 Å². The van der Waals surface area contributed by atoms with Gasteiger partial charge in [-0.15, -0.1) is 0 Å². The van der Waals surface area contributed by atoms with E-state index in [0.29, 0.717) is 25.2 Å². The van der Waals surface area contributed by atoms with E-state index < -0.39 is 36.0 Å². The molecule has 10 heteroatoms. The number of hydrogen-bond acceptors (Lipinski definition) is 6. The highest BCUT2D eigenvalue weighted by Crippen LogP contribution is 2.14. The third-order valence-corrected chi connectivity index (χ3v) is 6.03. The fraction of sp³-hybridized carbons (Fsp3) is 0.821. The molecule has 4 atom stereocenters. The quantitative estimate of drug-likeness (QED) is 0.191. The standard InChI is InChI=1S/C28H52N4O6/c1-16(2)10-12-24(35)32-27(37)20(9)29-23(34)13-11-22(33)21(14-17(3)4)30-28(38)26(19(7)8)31-25(36)15-18(5)6/h16-22,26,33H,10-15H2,1-9H3,(H,29,34)(H,30,38)(H,31,36)(H,32,35,37)/t20-,21+,22?,26+/m0/s1. The summed E-state index contributed by atoms with van der Waals surface area (Å²) in [5, 5.41) is 21.3. The predicted molar refractivity (Wildman–Crippen MR) is 148 cm³/mol. The minimum atomic E-state index is -1.01. The van der Waals surface area contributed by atoms with E-state index in [2.05, 4.69) is 21.3 Å². The van der Waals surface area contributed by atoms with Gasteiger partial charge in [-0.05, 0) is 49.9 Å². The Morgan fingerprint density at radius 3 is 1.71 bits per heavy atom. The topological polar surface area (TPSA) is 154 Å². The molecule has 0 aliphatic carbocycles. The molecule has 0 fully saturated rings. The molecule has 0 saturated carbocycles. The molecule has 0 saturated heterocycles. The van der Waals surface area contributed by atoms with Crippen LogP contribution in [0.3, 0.4) is 0 Å². The van der Waals surface area contributed by atoms with Crippen molar-refractivity contribution in [3.63, 3.8) is 0 Å². The van der Waals surface area contributed by atoms with E-state index in [9.17, 15) is 29.1 Å². The van der Waals surface area contributed by atoms with Gasteiger partial charge in [-0.3, -0.25) is 29.3 Å². The molecule has 5 N–H and O–H groups in total. The van der Waals surface area contributed by atoms with Crippen LogP contribution < -0.4 is 21.3 Å². The summed E-state index contributed by atoms with van der Waals surface area (Å²) in [4.78, 5) is 61.8. The average Bonchev–Trinajstić information content (AvgIpc) is 2.77. The maximum atomic E-state index is 13.0. The number of imide groups is 1. The van der Waals surface area contributed by atoms with Crippen LogP contribution in [0.5, 0.6) is 0 Å². The van der Waals surface area contributed by atoms with E-state index in [1.165, 1.54) is 6.92 Å². The third-order valence-electron chi connectivity index (χ3n) is 6.03. The van der Waals surface area contributed by atoms with Crippen LogP contribution in [0.1, 0.15) is 101 Å². The van der Waals surface area contributed by atoms with Gasteiger partial charge in [0.2, 0.25) is 29.5 Å². The second-order valence-corrected chi connectivity index (χ2v) is 11.9. The first kappa shape index (κ1) is 35.5. The van der Waals surface area contributed by atoms with Gasteiger partial charge in [0.15, 0.2) is 0 Å². The van der Waals surface area contributed by atoms with E-state index in [0.717, 1.165) is 0 Å². The highest BCUT2D eigenvalue weighted by atomic mass is 16.3. The van der Waals surface area contributed by atoms with E-state index in [4.69, 9.17) is 0 Å². The first-order chi connectivity index (χ1) is 17.5. The molecule has 0 radical (unpaired) electrons. The van der Waals surface area contributed by atoms with E-state index in [1.807, 2.05) is 55.4 Å². The molecule has 0 aliphatic heterocycles. The highest BCUT2D eigenvalue weighted by molar-refractivity contribution is 5.99. The summed E-state index contributed by atoms with van der Waals surface area (Å²) in [5.41, 5.74) is 0. The van der Waals surface area contributed by atoms with Crippen molar-refractivity contribution in [2.24, 2.45) is 23.7 Å². The molecule has 1 unspecified atom stereocenters. The van der Waals surface area contributed by atoms with Gasteiger partial charge in [0.25, 0.3) is 0 Å². The number of nitrogens with one attached hydrogen (secondary N) is 4. The van der Waals surface area contributed by atoms with Gasteiger partial charge in [-0.2, -0.15) is 0 Å². The Kier molecular flexibility index (Phi) is 16.7. The average molecular weight is 541 g/mol. The van der Waals surface area contributed by atoms with Gasteiger partial charge in [0.05, 0.1) is 12.1 Å². The fourth-order valence-corrected chi connectivity index (χ4v) is 3.82. The number of carbonyl (C=O) groups is 5. The van der Waals surface area contributed by atoms with Crippen molar-refractivity contribution in [1.82, 2.24) is 21.3 Å². The molecule has 0 rings (SSSR count). The number of aliphatic hydroxyl groups is 1.